The van der Waals surface area contributed by atoms with Gasteiger partial charge < -0.3 is 0 Å². The Labute approximate surface area is 173 Å². The van der Waals surface area contributed by atoms with Crippen molar-refractivity contribution in [1.82, 2.24) is 0 Å². The van der Waals surface area contributed by atoms with Crippen LogP contribution in [-0.4, -0.2) is 6.16 Å². The van der Waals surface area contributed by atoms with Gasteiger partial charge in [-0.25, -0.2) is 0 Å². The standard InChI is InChI=1S/C27H25OP/c1-5-13-23(14-6-1)27-21-22-29(28-27,24-15-7-2-8-16-24,25-17-9-3-10-18-25)26-19-11-4-12-20-26/h1-20,27H,21-22H2. The van der Waals surface area contributed by atoms with Gasteiger partial charge in [-0.2, -0.15) is 0 Å². The molecule has 1 fully saturated rings. The molecule has 0 radical (unpaired) electrons. The Bertz CT molecular complexity index is 979. The fraction of sp³-hybridized carbons (Fsp3) is 0.111. The van der Waals surface area contributed by atoms with Crippen molar-refractivity contribution < 1.29 is 4.52 Å². The van der Waals surface area contributed by atoms with Crippen molar-refractivity contribution in [3.63, 3.8) is 0 Å². The Morgan fingerprint density at radius 2 is 0.897 bits per heavy atom. The van der Waals surface area contributed by atoms with Crippen LogP contribution in [0.1, 0.15) is 18.1 Å². The number of benzene rings is 4. The first kappa shape index (κ1) is 18.3. The van der Waals surface area contributed by atoms with Crippen molar-refractivity contribution in [3.8, 4) is 0 Å². The van der Waals surface area contributed by atoms with Gasteiger partial charge in [-0.15, -0.1) is 0 Å². The molecule has 4 aromatic carbocycles. The van der Waals surface area contributed by atoms with Gasteiger partial charge in [0.2, 0.25) is 0 Å². The van der Waals surface area contributed by atoms with Crippen LogP contribution in [-0.2, 0) is 4.52 Å². The Kier molecular flexibility index (Phi) is 4.59. The van der Waals surface area contributed by atoms with Crippen molar-refractivity contribution in [2.75, 3.05) is 6.16 Å². The molecule has 29 heavy (non-hydrogen) atoms. The predicted molar refractivity (Wildman–Crippen MR) is 125 cm³/mol. The summed E-state index contributed by atoms with van der Waals surface area (Å²) in [4.78, 5) is 0. The van der Waals surface area contributed by atoms with E-state index in [1.807, 2.05) is 0 Å². The summed E-state index contributed by atoms with van der Waals surface area (Å²) in [6.45, 7) is -3.07. The Balaban J connectivity index is 1.82. The third-order valence-corrected chi connectivity index (χ3v) is 12.3. The first-order chi connectivity index (χ1) is 14.3. The fourth-order valence-corrected chi connectivity index (χ4v) is 11.0. The van der Waals surface area contributed by atoms with Crippen LogP contribution in [0, 0.1) is 0 Å². The van der Waals surface area contributed by atoms with E-state index in [9.17, 15) is 0 Å². The van der Waals surface area contributed by atoms with Crippen LogP contribution in [0.4, 0.5) is 0 Å². The van der Waals surface area contributed by atoms with E-state index in [0.717, 1.165) is 12.6 Å². The molecule has 1 saturated heterocycles. The third kappa shape index (κ3) is 2.77. The second-order valence-electron chi connectivity index (χ2n) is 7.74. The SMILES string of the molecule is c1ccc(C2CCP(c3ccccc3)(c3ccccc3)(c3ccccc3)O2)cc1. The molecule has 0 spiro atoms. The monoisotopic (exact) mass is 396 g/mol. The van der Waals surface area contributed by atoms with Gasteiger partial charge in [-0.1, -0.05) is 0 Å². The molecule has 0 aromatic heterocycles. The summed E-state index contributed by atoms with van der Waals surface area (Å²) in [6.07, 6.45) is 2.12. The molecule has 0 saturated carbocycles. The predicted octanol–water partition coefficient (Wildman–Crippen LogP) is 5.59. The molecule has 0 amide bonds. The summed E-state index contributed by atoms with van der Waals surface area (Å²) in [5.41, 5.74) is 1.27. The van der Waals surface area contributed by atoms with Crippen LogP contribution in [0.3, 0.4) is 0 Å². The van der Waals surface area contributed by atoms with Gasteiger partial charge in [0.25, 0.3) is 0 Å². The zero-order valence-electron chi connectivity index (χ0n) is 16.4. The summed E-state index contributed by atoms with van der Waals surface area (Å²) in [6, 6.07) is 43.5. The van der Waals surface area contributed by atoms with E-state index in [1.165, 1.54) is 21.5 Å². The Morgan fingerprint density at radius 3 is 1.31 bits per heavy atom. The van der Waals surface area contributed by atoms with E-state index in [4.69, 9.17) is 4.52 Å². The summed E-state index contributed by atoms with van der Waals surface area (Å²) >= 11 is 0. The molecule has 1 aliphatic heterocycles. The molecule has 144 valence electrons. The topological polar surface area (TPSA) is 9.23 Å². The van der Waals surface area contributed by atoms with E-state index < -0.39 is 6.83 Å². The molecule has 1 nitrogen and oxygen atoms in total. The summed E-state index contributed by atoms with van der Waals surface area (Å²) in [7, 11) is 0. The zero-order chi connectivity index (χ0) is 19.6. The summed E-state index contributed by atoms with van der Waals surface area (Å²) < 4.78 is 7.41. The average Bonchev–Trinajstić information content (AvgIpc) is 3.25. The molecular formula is C27H25OP. The summed E-state index contributed by atoms with van der Waals surface area (Å²) in [5.74, 6) is 0. The molecule has 5 rings (SSSR count). The summed E-state index contributed by atoms with van der Waals surface area (Å²) in [5, 5.41) is 3.94. The van der Waals surface area contributed by atoms with Crippen LogP contribution >= 0.6 is 6.83 Å². The van der Waals surface area contributed by atoms with Crippen LogP contribution in [0.25, 0.3) is 0 Å². The Hall–Kier alpha value is -2.73. The molecular weight excluding hydrogens is 371 g/mol. The minimum atomic E-state index is -3.07. The van der Waals surface area contributed by atoms with Gasteiger partial charge in [0.1, 0.15) is 0 Å². The van der Waals surface area contributed by atoms with Gasteiger partial charge in [0.05, 0.1) is 0 Å². The maximum absolute atomic E-state index is 7.41. The van der Waals surface area contributed by atoms with Crippen molar-refractivity contribution in [3.05, 3.63) is 127 Å². The fourth-order valence-electron chi connectivity index (χ4n) is 4.89. The molecule has 1 unspecified atom stereocenters. The quantitative estimate of drug-likeness (QED) is 0.409. The first-order valence-corrected chi connectivity index (χ1v) is 12.6. The minimum absolute atomic E-state index is 0.0921. The van der Waals surface area contributed by atoms with Gasteiger partial charge in [-0.3, -0.25) is 0 Å². The van der Waals surface area contributed by atoms with E-state index in [2.05, 4.69) is 121 Å². The van der Waals surface area contributed by atoms with Gasteiger partial charge in [-0.05, 0) is 0 Å². The van der Waals surface area contributed by atoms with Gasteiger partial charge >= 0.3 is 173 Å². The van der Waals surface area contributed by atoms with Crippen LogP contribution in [0.2, 0.25) is 0 Å². The number of hydrogen-bond donors (Lipinski definition) is 0. The van der Waals surface area contributed by atoms with E-state index in [0.29, 0.717) is 0 Å². The number of hydrogen-bond acceptors (Lipinski definition) is 1. The molecule has 1 atom stereocenters. The average molecular weight is 396 g/mol. The van der Waals surface area contributed by atoms with E-state index >= 15 is 0 Å². The second-order valence-corrected chi connectivity index (χ2v) is 12.4. The second kappa shape index (κ2) is 7.26. The van der Waals surface area contributed by atoms with Crippen LogP contribution in [0.15, 0.2) is 121 Å². The first-order valence-electron chi connectivity index (χ1n) is 10.2. The molecule has 0 bridgehead atoms. The van der Waals surface area contributed by atoms with E-state index in [1.54, 1.807) is 0 Å². The van der Waals surface area contributed by atoms with Crippen LogP contribution < -0.4 is 15.9 Å². The van der Waals surface area contributed by atoms with Gasteiger partial charge in [0.15, 0.2) is 0 Å². The Morgan fingerprint density at radius 1 is 0.517 bits per heavy atom. The van der Waals surface area contributed by atoms with Crippen LogP contribution in [0.5, 0.6) is 0 Å². The van der Waals surface area contributed by atoms with Gasteiger partial charge in [0, 0.05) is 0 Å². The molecule has 0 N–H and O–H groups in total. The molecule has 0 aliphatic carbocycles. The van der Waals surface area contributed by atoms with Crippen molar-refractivity contribution in [2.45, 2.75) is 12.5 Å². The van der Waals surface area contributed by atoms with Crippen molar-refractivity contribution in [2.24, 2.45) is 0 Å². The third-order valence-electron chi connectivity index (χ3n) is 6.26. The number of rotatable bonds is 4. The normalized spacial score (nSPS) is 21.1. The van der Waals surface area contributed by atoms with E-state index in [-0.39, 0.29) is 6.10 Å². The molecule has 2 heteroatoms. The van der Waals surface area contributed by atoms with Crippen molar-refractivity contribution in [1.29, 1.82) is 0 Å². The molecule has 4 aromatic rings. The molecule has 1 heterocycles. The maximum atomic E-state index is 7.41. The zero-order valence-corrected chi connectivity index (χ0v) is 17.3. The van der Waals surface area contributed by atoms with Crippen molar-refractivity contribution >= 4 is 22.7 Å². The molecule has 1 aliphatic rings.